The van der Waals surface area contributed by atoms with E-state index in [1.54, 1.807) is 12.1 Å². The van der Waals surface area contributed by atoms with Gasteiger partial charge < -0.3 is 15.2 Å². The number of benzene rings is 1. The molecule has 2 N–H and O–H groups in total. The first-order chi connectivity index (χ1) is 9.93. The van der Waals surface area contributed by atoms with Crippen LogP contribution in [0.2, 0.25) is 5.02 Å². The standard InChI is InChI=1S/C13H12ClN3O4/c1-17-11(8(6-15-17)13(19)20)12(18)16-9-5-7(14)3-4-10(9)21-2/h3-6H,1-2H3,(H,16,18)(H,19,20). The lowest BCUT2D eigenvalue weighted by molar-refractivity contribution is 0.0692. The molecule has 0 aliphatic carbocycles. The Bertz CT molecular complexity index is 711. The SMILES string of the molecule is COc1ccc(Cl)cc1NC(=O)c1c(C(=O)O)cnn1C. The molecule has 0 saturated heterocycles. The van der Waals surface area contributed by atoms with E-state index in [0.717, 1.165) is 6.20 Å². The summed E-state index contributed by atoms with van der Waals surface area (Å²) in [6.45, 7) is 0. The number of carbonyl (C=O) groups excluding carboxylic acids is 1. The van der Waals surface area contributed by atoms with E-state index < -0.39 is 11.9 Å². The molecule has 0 aliphatic heterocycles. The number of carboxylic acids is 1. The van der Waals surface area contributed by atoms with Crippen LogP contribution in [-0.2, 0) is 7.05 Å². The van der Waals surface area contributed by atoms with Gasteiger partial charge in [-0.1, -0.05) is 11.6 Å². The Morgan fingerprint density at radius 1 is 1.43 bits per heavy atom. The van der Waals surface area contributed by atoms with Crippen LogP contribution in [0.3, 0.4) is 0 Å². The number of hydrogen-bond acceptors (Lipinski definition) is 4. The Labute approximate surface area is 125 Å². The van der Waals surface area contributed by atoms with Gasteiger partial charge in [0.2, 0.25) is 0 Å². The highest BCUT2D eigenvalue weighted by Crippen LogP contribution is 2.28. The van der Waals surface area contributed by atoms with Crippen molar-refractivity contribution in [2.45, 2.75) is 0 Å². The van der Waals surface area contributed by atoms with Crippen LogP contribution >= 0.6 is 11.6 Å². The summed E-state index contributed by atoms with van der Waals surface area (Å²) in [4.78, 5) is 23.4. The molecule has 1 amide bonds. The molecule has 1 heterocycles. The van der Waals surface area contributed by atoms with Crippen LogP contribution < -0.4 is 10.1 Å². The minimum atomic E-state index is -1.23. The Morgan fingerprint density at radius 2 is 2.14 bits per heavy atom. The van der Waals surface area contributed by atoms with Gasteiger partial charge in [-0.15, -0.1) is 0 Å². The third-order valence-corrected chi connectivity index (χ3v) is 3.03. The smallest absolute Gasteiger partial charge is 0.339 e. The van der Waals surface area contributed by atoms with Crippen molar-refractivity contribution >= 4 is 29.2 Å². The Kier molecular flexibility index (Phi) is 4.13. The average molecular weight is 310 g/mol. The number of rotatable bonds is 4. The van der Waals surface area contributed by atoms with Crippen LogP contribution in [0.4, 0.5) is 5.69 Å². The maximum absolute atomic E-state index is 12.3. The lowest BCUT2D eigenvalue weighted by Gasteiger charge is -2.11. The van der Waals surface area contributed by atoms with Crippen LogP contribution in [0, 0.1) is 0 Å². The van der Waals surface area contributed by atoms with E-state index in [1.165, 1.54) is 24.9 Å². The minimum absolute atomic E-state index is 0.0653. The van der Waals surface area contributed by atoms with Crippen molar-refractivity contribution in [1.29, 1.82) is 0 Å². The molecule has 1 aromatic heterocycles. The topological polar surface area (TPSA) is 93.4 Å². The fraction of sp³-hybridized carbons (Fsp3) is 0.154. The second-order valence-electron chi connectivity index (χ2n) is 4.13. The summed E-state index contributed by atoms with van der Waals surface area (Å²) >= 11 is 5.88. The van der Waals surface area contributed by atoms with Crippen molar-refractivity contribution in [2.24, 2.45) is 7.05 Å². The number of carbonyl (C=O) groups is 2. The number of halogens is 1. The summed E-state index contributed by atoms with van der Waals surface area (Å²) in [5.41, 5.74) is 0.0908. The quantitative estimate of drug-likeness (QED) is 0.901. The molecule has 110 valence electrons. The second-order valence-corrected chi connectivity index (χ2v) is 4.57. The average Bonchev–Trinajstić information content (AvgIpc) is 2.81. The molecule has 2 aromatic rings. The number of ether oxygens (including phenoxy) is 1. The van der Waals surface area contributed by atoms with Crippen LogP contribution in [0.1, 0.15) is 20.8 Å². The molecule has 0 aliphatic rings. The van der Waals surface area contributed by atoms with Crippen molar-refractivity contribution in [3.05, 3.63) is 40.7 Å². The minimum Gasteiger partial charge on any atom is -0.495 e. The van der Waals surface area contributed by atoms with E-state index in [1.807, 2.05) is 0 Å². The van der Waals surface area contributed by atoms with Gasteiger partial charge in [0.25, 0.3) is 5.91 Å². The molecule has 8 heteroatoms. The number of anilines is 1. The molecular weight excluding hydrogens is 298 g/mol. The monoisotopic (exact) mass is 309 g/mol. The van der Waals surface area contributed by atoms with Crippen LogP contribution in [0.5, 0.6) is 5.75 Å². The summed E-state index contributed by atoms with van der Waals surface area (Å²) in [6.07, 6.45) is 1.12. The molecule has 1 aromatic carbocycles. The molecule has 7 nitrogen and oxygen atoms in total. The number of methoxy groups -OCH3 is 1. The number of aromatic carboxylic acids is 1. The zero-order valence-corrected chi connectivity index (χ0v) is 12.0. The summed E-state index contributed by atoms with van der Waals surface area (Å²) < 4.78 is 6.30. The largest absolute Gasteiger partial charge is 0.495 e. The maximum Gasteiger partial charge on any atom is 0.339 e. The van der Waals surface area contributed by atoms with Crippen molar-refractivity contribution in [3.8, 4) is 5.75 Å². The summed E-state index contributed by atoms with van der Waals surface area (Å²) in [6, 6.07) is 4.72. The zero-order valence-electron chi connectivity index (χ0n) is 11.3. The number of amides is 1. The summed E-state index contributed by atoms with van der Waals surface area (Å²) in [7, 11) is 2.93. The second kappa shape index (κ2) is 5.84. The number of aromatic nitrogens is 2. The molecule has 0 radical (unpaired) electrons. The number of carboxylic acid groups (broad SMARTS) is 1. The van der Waals surface area contributed by atoms with Gasteiger partial charge in [-0.05, 0) is 18.2 Å². The van der Waals surface area contributed by atoms with Gasteiger partial charge in [0.15, 0.2) is 0 Å². The maximum atomic E-state index is 12.3. The van der Waals surface area contributed by atoms with Crippen molar-refractivity contribution in [3.63, 3.8) is 0 Å². The van der Waals surface area contributed by atoms with Gasteiger partial charge >= 0.3 is 5.97 Å². The summed E-state index contributed by atoms with van der Waals surface area (Å²) in [5, 5.41) is 15.8. The first-order valence-corrected chi connectivity index (χ1v) is 6.22. The third kappa shape index (κ3) is 2.97. The Morgan fingerprint density at radius 3 is 2.76 bits per heavy atom. The van der Waals surface area contributed by atoms with E-state index in [4.69, 9.17) is 21.4 Å². The highest BCUT2D eigenvalue weighted by atomic mass is 35.5. The van der Waals surface area contributed by atoms with E-state index in [-0.39, 0.29) is 11.3 Å². The highest BCUT2D eigenvalue weighted by molar-refractivity contribution is 6.31. The van der Waals surface area contributed by atoms with Crippen LogP contribution in [-0.4, -0.2) is 33.9 Å². The summed E-state index contributed by atoms with van der Waals surface area (Å²) in [5.74, 6) is -1.44. The molecule has 0 fully saturated rings. The number of nitrogens with one attached hydrogen (secondary N) is 1. The van der Waals surface area contributed by atoms with E-state index >= 15 is 0 Å². The molecule has 0 bridgehead atoms. The molecular formula is C13H12ClN3O4. The zero-order chi connectivity index (χ0) is 15.6. The van der Waals surface area contributed by atoms with E-state index in [9.17, 15) is 9.59 Å². The van der Waals surface area contributed by atoms with E-state index in [2.05, 4.69) is 10.4 Å². The molecule has 2 rings (SSSR count). The number of nitrogens with zero attached hydrogens (tertiary/aromatic N) is 2. The normalized spacial score (nSPS) is 10.2. The first kappa shape index (κ1) is 14.9. The first-order valence-electron chi connectivity index (χ1n) is 5.84. The van der Waals surface area contributed by atoms with Gasteiger partial charge in [0.05, 0.1) is 19.0 Å². The Balaban J connectivity index is 2.37. The van der Waals surface area contributed by atoms with Crippen LogP contribution in [0.25, 0.3) is 0 Å². The Hall–Kier alpha value is -2.54. The fourth-order valence-corrected chi connectivity index (χ4v) is 1.99. The molecule has 0 spiro atoms. The predicted molar refractivity (Wildman–Crippen MR) is 76.1 cm³/mol. The number of aryl methyl sites for hydroxylation is 1. The predicted octanol–water partition coefficient (Wildman–Crippen LogP) is 2.03. The molecule has 21 heavy (non-hydrogen) atoms. The molecule has 0 atom stereocenters. The van der Waals surface area contributed by atoms with Gasteiger partial charge in [0, 0.05) is 12.1 Å². The molecule has 0 saturated carbocycles. The highest BCUT2D eigenvalue weighted by Gasteiger charge is 2.22. The number of hydrogen-bond donors (Lipinski definition) is 2. The van der Waals surface area contributed by atoms with Crippen molar-refractivity contribution < 1.29 is 19.4 Å². The third-order valence-electron chi connectivity index (χ3n) is 2.79. The van der Waals surface area contributed by atoms with Gasteiger partial charge in [-0.25, -0.2) is 4.79 Å². The van der Waals surface area contributed by atoms with Gasteiger partial charge in [0.1, 0.15) is 17.0 Å². The fourth-order valence-electron chi connectivity index (χ4n) is 1.82. The van der Waals surface area contributed by atoms with Gasteiger partial charge in [-0.3, -0.25) is 9.48 Å². The lowest BCUT2D eigenvalue weighted by atomic mass is 10.2. The van der Waals surface area contributed by atoms with Crippen LogP contribution in [0.15, 0.2) is 24.4 Å². The molecule has 0 unspecified atom stereocenters. The van der Waals surface area contributed by atoms with Gasteiger partial charge in [-0.2, -0.15) is 5.10 Å². The van der Waals surface area contributed by atoms with E-state index in [0.29, 0.717) is 16.5 Å². The van der Waals surface area contributed by atoms with Crippen molar-refractivity contribution in [2.75, 3.05) is 12.4 Å². The lowest BCUT2D eigenvalue weighted by Crippen LogP contribution is -2.19. The van der Waals surface area contributed by atoms with Crippen molar-refractivity contribution in [1.82, 2.24) is 9.78 Å².